The van der Waals surface area contributed by atoms with Crippen molar-refractivity contribution in [3.63, 3.8) is 0 Å². The maximum Gasteiger partial charge on any atom is 0.253 e. The Kier molecular flexibility index (Phi) is 6.96. The van der Waals surface area contributed by atoms with Gasteiger partial charge in [-0.2, -0.15) is 11.8 Å². The van der Waals surface area contributed by atoms with E-state index >= 15 is 0 Å². The molecule has 3 amide bonds. The number of carbonyl (C=O) groups excluding carboxylic acids is 3. The summed E-state index contributed by atoms with van der Waals surface area (Å²) < 4.78 is 0. The van der Waals surface area contributed by atoms with Crippen molar-refractivity contribution in [1.82, 2.24) is 14.7 Å². The van der Waals surface area contributed by atoms with Crippen LogP contribution in [0.5, 0.6) is 0 Å². The van der Waals surface area contributed by atoms with Crippen molar-refractivity contribution in [2.24, 2.45) is 0 Å². The van der Waals surface area contributed by atoms with Gasteiger partial charge in [-0.25, -0.2) is 0 Å². The van der Waals surface area contributed by atoms with E-state index in [0.717, 1.165) is 44.0 Å². The number of hydrogen-bond donors (Lipinski definition) is 1. The van der Waals surface area contributed by atoms with Crippen LogP contribution >= 0.6 is 11.8 Å². The molecular weight excluding hydrogens is 376 g/mol. The number of nitrogens with one attached hydrogen (secondary N) is 1. The monoisotopic (exact) mass is 404 g/mol. The molecule has 1 atom stereocenters. The van der Waals surface area contributed by atoms with Crippen LogP contribution in [-0.2, 0) is 9.59 Å². The Hall–Kier alpha value is -2.06. The van der Waals surface area contributed by atoms with Crippen molar-refractivity contribution in [1.29, 1.82) is 0 Å². The van der Waals surface area contributed by atoms with Gasteiger partial charge in [0.2, 0.25) is 11.8 Å². The quantitative estimate of drug-likeness (QED) is 0.802. The fraction of sp³-hybridized carbons (Fsp3) is 0.550. The Balaban J connectivity index is 1.55. The molecule has 0 spiro atoms. The van der Waals surface area contributed by atoms with Crippen molar-refractivity contribution < 1.29 is 14.4 Å². The lowest BCUT2D eigenvalue weighted by Crippen LogP contribution is -2.49. The summed E-state index contributed by atoms with van der Waals surface area (Å²) in [5.41, 5.74) is 1.23. The molecule has 7 nitrogen and oxygen atoms in total. The van der Waals surface area contributed by atoms with E-state index in [2.05, 4.69) is 5.32 Å². The van der Waals surface area contributed by atoms with E-state index in [4.69, 9.17) is 0 Å². The van der Waals surface area contributed by atoms with Crippen LogP contribution in [0.3, 0.4) is 0 Å². The minimum absolute atomic E-state index is 0.0765. The van der Waals surface area contributed by atoms with Crippen LogP contribution in [0.1, 0.15) is 23.2 Å². The molecule has 0 bridgehead atoms. The van der Waals surface area contributed by atoms with Crippen molar-refractivity contribution >= 4 is 35.2 Å². The minimum atomic E-state index is -0.186. The van der Waals surface area contributed by atoms with Gasteiger partial charge in [0, 0.05) is 49.9 Å². The molecule has 28 heavy (non-hydrogen) atoms. The van der Waals surface area contributed by atoms with Crippen LogP contribution in [0.25, 0.3) is 0 Å². The first-order chi connectivity index (χ1) is 13.5. The summed E-state index contributed by atoms with van der Waals surface area (Å²) in [7, 11) is 3.41. The van der Waals surface area contributed by atoms with Crippen LogP contribution < -0.4 is 5.32 Å². The van der Waals surface area contributed by atoms with Crippen molar-refractivity contribution in [3.8, 4) is 0 Å². The van der Waals surface area contributed by atoms with Crippen LogP contribution in [0.2, 0.25) is 0 Å². The predicted octanol–water partition coefficient (Wildman–Crippen LogP) is 1.37. The van der Waals surface area contributed by atoms with Crippen LogP contribution in [0.4, 0.5) is 5.69 Å². The molecule has 1 aromatic carbocycles. The third-order valence-electron chi connectivity index (χ3n) is 5.14. The van der Waals surface area contributed by atoms with Gasteiger partial charge in [0.15, 0.2) is 0 Å². The first-order valence-corrected chi connectivity index (χ1v) is 10.8. The average Bonchev–Trinajstić information content (AvgIpc) is 3.16. The molecule has 0 saturated carbocycles. The third kappa shape index (κ3) is 5.05. The molecule has 2 aliphatic rings. The lowest BCUT2D eigenvalue weighted by Gasteiger charge is -2.32. The zero-order valence-corrected chi connectivity index (χ0v) is 17.3. The Bertz CT molecular complexity index is 717. The normalized spacial score (nSPS) is 20.1. The maximum atomic E-state index is 12.8. The summed E-state index contributed by atoms with van der Waals surface area (Å²) in [6.45, 7) is 2.58. The van der Waals surface area contributed by atoms with E-state index in [1.807, 2.05) is 21.6 Å². The maximum absolute atomic E-state index is 12.8. The van der Waals surface area contributed by atoms with Crippen molar-refractivity contribution in [2.45, 2.75) is 18.9 Å². The number of thioether (sulfide) groups is 1. The van der Waals surface area contributed by atoms with Gasteiger partial charge in [0.05, 0.1) is 12.6 Å². The SMILES string of the molecule is CN(C)C(=O)c1ccc(NC(=O)CN2CCCC2C(=O)N2CCSCC2)cc1. The largest absolute Gasteiger partial charge is 0.345 e. The first-order valence-electron chi connectivity index (χ1n) is 9.68. The number of carbonyl (C=O) groups is 3. The summed E-state index contributed by atoms with van der Waals surface area (Å²) in [5.74, 6) is 1.93. The second kappa shape index (κ2) is 9.43. The highest BCUT2D eigenvalue weighted by atomic mass is 32.2. The average molecular weight is 405 g/mol. The van der Waals surface area contributed by atoms with Crippen molar-refractivity contribution in [2.75, 3.05) is 57.1 Å². The third-order valence-corrected chi connectivity index (χ3v) is 6.08. The van der Waals surface area contributed by atoms with Crippen molar-refractivity contribution in [3.05, 3.63) is 29.8 Å². The Morgan fingerprint density at radius 1 is 1.11 bits per heavy atom. The van der Waals surface area contributed by atoms with Gasteiger partial charge in [0.1, 0.15) is 0 Å². The minimum Gasteiger partial charge on any atom is -0.345 e. The van der Waals surface area contributed by atoms with E-state index in [9.17, 15) is 14.4 Å². The molecule has 3 rings (SSSR count). The van der Waals surface area contributed by atoms with E-state index in [0.29, 0.717) is 11.3 Å². The summed E-state index contributed by atoms with van der Waals surface area (Å²) in [4.78, 5) is 42.7. The zero-order valence-electron chi connectivity index (χ0n) is 16.5. The highest BCUT2D eigenvalue weighted by molar-refractivity contribution is 7.99. The second-order valence-corrected chi connectivity index (χ2v) is 8.62. The molecule has 2 aliphatic heterocycles. The van der Waals surface area contributed by atoms with Crippen LogP contribution in [0.15, 0.2) is 24.3 Å². The number of nitrogens with zero attached hydrogens (tertiary/aromatic N) is 3. The number of benzene rings is 1. The second-order valence-electron chi connectivity index (χ2n) is 7.39. The molecular formula is C20H28N4O3S. The Labute approximate surface area is 170 Å². The predicted molar refractivity (Wildman–Crippen MR) is 112 cm³/mol. The molecule has 2 fully saturated rings. The van der Waals surface area contributed by atoms with Gasteiger partial charge in [-0.3, -0.25) is 19.3 Å². The van der Waals surface area contributed by atoms with Gasteiger partial charge in [-0.1, -0.05) is 0 Å². The highest BCUT2D eigenvalue weighted by Gasteiger charge is 2.35. The van der Waals surface area contributed by atoms with E-state index in [-0.39, 0.29) is 30.3 Å². The fourth-order valence-corrected chi connectivity index (χ4v) is 4.53. The van der Waals surface area contributed by atoms with Gasteiger partial charge in [-0.15, -0.1) is 0 Å². The number of hydrogen-bond acceptors (Lipinski definition) is 5. The summed E-state index contributed by atoms with van der Waals surface area (Å²) >= 11 is 1.88. The number of likely N-dealkylation sites (tertiary alicyclic amines) is 1. The summed E-state index contributed by atoms with van der Waals surface area (Å²) in [6.07, 6.45) is 1.75. The van der Waals surface area contributed by atoms with Gasteiger partial charge >= 0.3 is 0 Å². The first kappa shape index (κ1) is 20.7. The van der Waals surface area contributed by atoms with Gasteiger partial charge in [0.25, 0.3) is 5.91 Å². The number of anilines is 1. The standard InChI is InChI=1S/C20H28N4O3S/c1-22(2)19(26)15-5-7-16(8-6-15)21-18(25)14-24-9-3-4-17(24)20(27)23-10-12-28-13-11-23/h5-8,17H,3-4,9-14H2,1-2H3,(H,21,25). The Morgan fingerprint density at radius 2 is 1.79 bits per heavy atom. The smallest absolute Gasteiger partial charge is 0.253 e. The van der Waals surface area contributed by atoms with E-state index in [1.54, 1.807) is 38.4 Å². The lowest BCUT2D eigenvalue weighted by molar-refractivity contribution is -0.136. The highest BCUT2D eigenvalue weighted by Crippen LogP contribution is 2.21. The molecule has 0 aromatic heterocycles. The number of rotatable bonds is 5. The molecule has 1 N–H and O–H groups in total. The fourth-order valence-electron chi connectivity index (χ4n) is 3.63. The summed E-state index contributed by atoms with van der Waals surface area (Å²) in [6, 6.07) is 6.68. The Morgan fingerprint density at radius 3 is 2.43 bits per heavy atom. The van der Waals surface area contributed by atoms with Gasteiger partial charge in [-0.05, 0) is 43.7 Å². The molecule has 1 aromatic rings. The molecule has 2 heterocycles. The zero-order chi connectivity index (χ0) is 20.1. The summed E-state index contributed by atoms with van der Waals surface area (Å²) in [5, 5.41) is 2.87. The molecule has 0 radical (unpaired) electrons. The topological polar surface area (TPSA) is 73.0 Å². The lowest BCUT2D eigenvalue weighted by atomic mass is 10.2. The molecule has 8 heteroatoms. The number of amides is 3. The van der Waals surface area contributed by atoms with Gasteiger partial charge < -0.3 is 15.1 Å². The van der Waals surface area contributed by atoms with E-state index in [1.165, 1.54) is 4.90 Å². The molecule has 2 saturated heterocycles. The molecule has 0 aliphatic carbocycles. The van der Waals surface area contributed by atoms with Crippen LogP contribution in [0, 0.1) is 0 Å². The van der Waals surface area contributed by atoms with E-state index < -0.39 is 0 Å². The van der Waals surface area contributed by atoms with Crippen LogP contribution in [-0.4, -0.2) is 90.2 Å². The molecule has 152 valence electrons. The molecule has 1 unspecified atom stereocenters.